The number of ether oxygens (including phenoxy) is 3. The first-order chi connectivity index (χ1) is 35.0. The van der Waals surface area contributed by atoms with Gasteiger partial charge in [0.2, 0.25) is 0 Å². The SMILES string of the molecule is CC/C=C\C/C=C\C/C=C\C/C=C\C/C=C\CCCC(=O)OC[C@H](COC(=O)CCCCC/C=C\C/C=C\C/C=C\C/C=C\CCCCC)OC(=O)CCCCCCCCC/C=C\CCCCCCCC. The first kappa shape index (κ1) is 66.8. The zero-order chi connectivity index (χ0) is 51.4. The lowest BCUT2D eigenvalue weighted by Gasteiger charge is -2.18. The fourth-order valence-corrected chi connectivity index (χ4v) is 7.57. The van der Waals surface area contributed by atoms with Gasteiger partial charge in [0, 0.05) is 19.3 Å². The maximum absolute atomic E-state index is 12.9. The van der Waals surface area contributed by atoms with Crippen molar-refractivity contribution in [2.45, 2.75) is 258 Å². The van der Waals surface area contributed by atoms with Crippen LogP contribution in [0.3, 0.4) is 0 Å². The van der Waals surface area contributed by atoms with E-state index in [2.05, 4.69) is 142 Å². The number of unbranched alkanes of at least 4 members (excludes halogenated alkanes) is 20. The Morgan fingerprint density at radius 3 is 0.972 bits per heavy atom. The second kappa shape index (κ2) is 58.4. The maximum Gasteiger partial charge on any atom is 0.306 e. The molecule has 0 saturated heterocycles. The molecule has 0 N–H and O–H groups in total. The maximum atomic E-state index is 12.9. The minimum absolute atomic E-state index is 0.117. The molecule has 0 aromatic carbocycles. The van der Waals surface area contributed by atoms with Gasteiger partial charge in [-0.25, -0.2) is 0 Å². The molecule has 0 rings (SSSR count). The fourth-order valence-electron chi connectivity index (χ4n) is 7.57. The van der Waals surface area contributed by atoms with Gasteiger partial charge in [-0.1, -0.05) is 226 Å². The Labute approximate surface area is 437 Å². The largest absolute Gasteiger partial charge is 0.462 e. The molecule has 0 aliphatic rings. The number of esters is 3. The van der Waals surface area contributed by atoms with Crippen molar-refractivity contribution in [2.75, 3.05) is 13.2 Å². The molecule has 6 nitrogen and oxygen atoms in total. The summed E-state index contributed by atoms with van der Waals surface area (Å²) in [4.78, 5) is 38.2. The molecule has 71 heavy (non-hydrogen) atoms. The highest BCUT2D eigenvalue weighted by molar-refractivity contribution is 5.71. The Hall–Kier alpha value is -4.19. The summed E-state index contributed by atoms with van der Waals surface area (Å²) in [5.41, 5.74) is 0. The zero-order valence-corrected chi connectivity index (χ0v) is 45.9. The second-order valence-corrected chi connectivity index (χ2v) is 18.8. The molecule has 0 amide bonds. The average Bonchev–Trinajstić information content (AvgIpc) is 3.37. The smallest absolute Gasteiger partial charge is 0.306 e. The van der Waals surface area contributed by atoms with Crippen molar-refractivity contribution in [1.29, 1.82) is 0 Å². The Balaban J connectivity index is 4.55. The highest BCUT2D eigenvalue weighted by atomic mass is 16.6. The molecule has 0 aliphatic heterocycles. The van der Waals surface area contributed by atoms with E-state index in [1.54, 1.807) is 0 Å². The second-order valence-electron chi connectivity index (χ2n) is 18.8. The lowest BCUT2D eigenvalue weighted by atomic mass is 10.1. The van der Waals surface area contributed by atoms with Gasteiger partial charge in [-0.05, 0) is 128 Å². The first-order valence-corrected chi connectivity index (χ1v) is 29.0. The molecule has 0 heterocycles. The van der Waals surface area contributed by atoms with E-state index in [1.807, 2.05) is 0 Å². The van der Waals surface area contributed by atoms with Crippen LogP contribution in [-0.2, 0) is 28.6 Å². The predicted molar refractivity (Wildman–Crippen MR) is 306 cm³/mol. The summed E-state index contributed by atoms with van der Waals surface area (Å²) in [6, 6.07) is 0. The van der Waals surface area contributed by atoms with Gasteiger partial charge in [-0.3, -0.25) is 14.4 Å². The van der Waals surface area contributed by atoms with Crippen LogP contribution in [0, 0.1) is 0 Å². The van der Waals surface area contributed by atoms with Crippen LogP contribution in [0.25, 0.3) is 0 Å². The van der Waals surface area contributed by atoms with Gasteiger partial charge in [0.05, 0.1) is 0 Å². The van der Waals surface area contributed by atoms with Crippen molar-refractivity contribution in [3.63, 3.8) is 0 Å². The van der Waals surface area contributed by atoms with E-state index in [0.29, 0.717) is 19.3 Å². The monoisotopic (exact) mass is 983 g/mol. The van der Waals surface area contributed by atoms with E-state index >= 15 is 0 Å². The molecular weight excluding hydrogens is 877 g/mol. The number of carbonyl (C=O) groups is 3. The molecule has 0 radical (unpaired) electrons. The van der Waals surface area contributed by atoms with Crippen LogP contribution < -0.4 is 0 Å². The predicted octanol–water partition coefficient (Wildman–Crippen LogP) is 19.6. The van der Waals surface area contributed by atoms with Gasteiger partial charge in [-0.2, -0.15) is 0 Å². The molecule has 402 valence electrons. The van der Waals surface area contributed by atoms with Gasteiger partial charge in [0.1, 0.15) is 13.2 Å². The minimum Gasteiger partial charge on any atom is -0.462 e. The number of hydrogen-bond acceptors (Lipinski definition) is 6. The van der Waals surface area contributed by atoms with Crippen LogP contribution in [0.15, 0.2) is 122 Å². The lowest BCUT2D eigenvalue weighted by Crippen LogP contribution is -2.30. The molecule has 0 unspecified atom stereocenters. The van der Waals surface area contributed by atoms with Crippen LogP contribution in [0.1, 0.15) is 252 Å². The molecule has 0 spiro atoms. The summed E-state index contributed by atoms with van der Waals surface area (Å²) < 4.78 is 16.8. The molecular formula is C65H106O6. The Bertz CT molecular complexity index is 1500. The van der Waals surface area contributed by atoms with Gasteiger partial charge < -0.3 is 14.2 Å². The molecule has 0 aliphatic carbocycles. The summed E-state index contributed by atoms with van der Waals surface area (Å²) in [5.74, 6) is -1.01. The highest BCUT2D eigenvalue weighted by Crippen LogP contribution is 2.13. The van der Waals surface area contributed by atoms with Crippen molar-refractivity contribution >= 4 is 17.9 Å². The van der Waals surface area contributed by atoms with E-state index in [9.17, 15) is 14.4 Å². The van der Waals surface area contributed by atoms with Crippen molar-refractivity contribution in [3.05, 3.63) is 122 Å². The minimum atomic E-state index is -0.821. The van der Waals surface area contributed by atoms with E-state index in [0.717, 1.165) is 103 Å². The topological polar surface area (TPSA) is 78.9 Å². The van der Waals surface area contributed by atoms with Gasteiger partial charge >= 0.3 is 17.9 Å². The third-order valence-corrected chi connectivity index (χ3v) is 11.9. The van der Waals surface area contributed by atoms with Crippen molar-refractivity contribution in [2.24, 2.45) is 0 Å². The number of carbonyl (C=O) groups excluding carboxylic acids is 3. The third kappa shape index (κ3) is 56.6. The van der Waals surface area contributed by atoms with Crippen LogP contribution >= 0.6 is 0 Å². The molecule has 1 atom stereocenters. The standard InChI is InChI=1S/C65H106O6/c1-4-7-10-13-16-19-22-25-28-31-32-35-37-40-43-46-49-52-55-58-64(67)70-61-62(71-65(68)59-56-53-50-47-44-41-38-34-30-27-24-21-18-15-12-9-6-3)60-69-63(66)57-54-51-48-45-42-39-36-33-29-26-23-20-17-14-11-8-5-2/h8,11,16-17,19-20,25-30,32,35-36,39-40,43,45,48,62H,4-7,9-10,12-15,18,21-24,31,33-34,37-38,41-42,44,46-47,49-61H2,1-3H3/b11-8-,19-16-,20-17-,28-25-,29-26-,30-27-,35-32-,39-36-,43-40-,48-45-/t62-/m1/s1. The Morgan fingerprint density at radius 1 is 0.296 bits per heavy atom. The molecule has 0 aromatic rings. The molecule has 6 heteroatoms. The van der Waals surface area contributed by atoms with Crippen molar-refractivity contribution < 1.29 is 28.6 Å². The Kier molecular flexibility index (Phi) is 54.9. The van der Waals surface area contributed by atoms with E-state index in [4.69, 9.17) is 14.2 Å². The van der Waals surface area contributed by atoms with Crippen LogP contribution in [0.4, 0.5) is 0 Å². The van der Waals surface area contributed by atoms with Crippen molar-refractivity contribution in [1.82, 2.24) is 0 Å². The quantitative estimate of drug-likeness (QED) is 0.0261. The van der Waals surface area contributed by atoms with Crippen molar-refractivity contribution in [3.8, 4) is 0 Å². The summed E-state index contributed by atoms with van der Waals surface area (Å²) >= 11 is 0. The summed E-state index contributed by atoms with van der Waals surface area (Å²) in [6.45, 7) is 6.41. The van der Waals surface area contributed by atoms with Gasteiger partial charge in [0.15, 0.2) is 6.10 Å². The van der Waals surface area contributed by atoms with Crippen LogP contribution in [0.5, 0.6) is 0 Å². The van der Waals surface area contributed by atoms with Gasteiger partial charge in [-0.15, -0.1) is 0 Å². The van der Waals surface area contributed by atoms with Crippen LogP contribution in [-0.4, -0.2) is 37.2 Å². The van der Waals surface area contributed by atoms with E-state index in [-0.39, 0.29) is 37.5 Å². The number of rotatable bonds is 51. The van der Waals surface area contributed by atoms with Gasteiger partial charge in [0.25, 0.3) is 0 Å². The average molecular weight is 984 g/mol. The molecule has 0 aromatic heterocycles. The summed E-state index contributed by atoms with van der Waals surface area (Å²) in [6.07, 6.45) is 80.5. The third-order valence-electron chi connectivity index (χ3n) is 11.9. The number of allylic oxidation sites excluding steroid dienone is 20. The highest BCUT2D eigenvalue weighted by Gasteiger charge is 2.19. The zero-order valence-electron chi connectivity index (χ0n) is 45.9. The van der Waals surface area contributed by atoms with Crippen LogP contribution in [0.2, 0.25) is 0 Å². The molecule has 0 saturated carbocycles. The lowest BCUT2D eigenvalue weighted by molar-refractivity contribution is -0.167. The van der Waals surface area contributed by atoms with E-state index < -0.39 is 6.10 Å². The summed E-state index contributed by atoms with van der Waals surface area (Å²) in [5, 5.41) is 0. The van der Waals surface area contributed by atoms with E-state index in [1.165, 1.54) is 103 Å². The normalized spacial score (nSPS) is 13.0. The molecule has 0 fully saturated rings. The first-order valence-electron chi connectivity index (χ1n) is 29.0. The molecule has 0 bridgehead atoms. The summed E-state index contributed by atoms with van der Waals surface area (Å²) in [7, 11) is 0. The fraction of sp³-hybridized carbons (Fsp3) is 0.646. The number of hydrogen-bond donors (Lipinski definition) is 0. The Morgan fingerprint density at radius 2 is 0.563 bits per heavy atom.